The standard InChI is InChI=1S/C14H26N2O2/c1-11(2)16(9-13-8-12(13)3)10-14(17)15-4-6-18-7-5-15/h11-13H,4-10H2,1-3H3/t12-,13-/m1/s1. The van der Waals surface area contributed by atoms with E-state index in [4.69, 9.17) is 4.74 Å². The highest BCUT2D eigenvalue weighted by Crippen LogP contribution is 2.38. The van der Waals surface area contributed by atoms with Crippen LogP contribution >= 0.6 is 0 Å². The Labute approximate surface area is 110 Å². The smallest absolute Gasteiger partial charge is 0.236 e. The third-order valence-electron chi connectivity index (χ3n) is 4.18. The maximum atomic E-state index is 12.2. The first-order chi connectivity index (χ1) is 8.58. The van der Waals surface area contributed by atoms with Crippen LogP contribution in [0.15, 0.2) is 0 Å². The van der Waals surface area contributed by atoms with Gasteiger partial charge in [-0.2, -0.15) is 0 Å². The molecule has 18 heavy (non-hydrogen) atoms. The highest BCUT2D eigenvalue weighted by Gasteiger charge is 2.35. The van der Waals surface area contributed by atoms with Crippen molar-refractivity contribution in [3.8, 4) is 0 Å². The van der Waals surface area contributed by atoms with Crippen molar-refractivity contribution in [2.45, 2.75) is 33.2 Å². The van der Waals surface area contributed by atoms with Crippen LogP contribution in [0.3, 0.4) is 0 Å². The molecule has 2 rings (SSSR count). The van der Waals surface area contributed by atoms with Crippen LogP contribution in [0.2, 0.25) is 0 Å². The van der Waals surface area contributed by atoms with Gasteiger partial charge >= 0.3 is 0 Å². The van der Waals surface area contributed by atoms with E-state index in [1.165, 1.54) is 6.42 Å². The number of rotatable bonds is 5. The van der Waals surface area contributed by atoms with Gasteiger partial charge in [-0.1, -0.05) is 6.92 Å². The maximum Gasteiger partial charge on any atom is 0.236 e. The van der Waals surface area contributed by atoms with Gasteiger partial charge in [-0.25, -0.2) is 0 Å². The fraction of sp³-hybridized carbons (Fsp3) is 0.929. The van der Waals surface area contributed by atoms with Gasteiger partial charge < -0.3 is 9.64 Å². The van der Waals surface area contributed by atoms with E-state index in [1.54, 1.807) is 0 Å². The summed E-state index contributed by atoms with van der Waals surface area (Å²) in [6.45, 7) is 11.2. The van der Waals surface area contributed by atoms with E-state index in [2.05, 4.69) is 25.7 Å². The van der Waals surface area contributed by atoms with Crippen molar-refractivity contribution in [2.75, 3.05) is 39.4 Å². The van der Waals surface area contributed by atoms with E-state index in [0.717, 1.165) is 31.5 Å². The molecule has 1 amide bonds. The van der Waals surface area contributed by atoms with Gasteiger partial charge in [0.1, 0.15) is 0 Å². The lowest BCUT2D eigenvalue weighted by atomic mass is 10.2. The van der Waals surface area contributed by atoms with E-state index >= 15 is 0 Å². The van der Waals surface area contributed by atoms with Gasteiger partial charge in [0.05, 0.1) is 19.8 Å². The van der Waals surface area contributed by atoms with Crippen LogP contribution < -0.4 is 0 Å². The van der Waals surface area contributed by atoms with Crippen LogP contribution in [-0.4, -0.2) is 61.1 Å². The maximum absolute atomic E-state index is 12.2. The number of hydrogen-bond acceptors (Lipinski definition) is 3. The fourth-order valence-corrected chi connectivity index (χ4v) is 2.50. The molecule has 1 saturated heterocycles. The first-order valence-corrected chi connectivity index (χ1v) is 7.17. The lowest BCUT2D eigenvalue weighted by molar-refractivity contribution is -0.137. The van der Waals surface area contributed by atoms with Crippen LogP contribution in [0, 0.1) is 11.8 Å². The first-order valence-electron chi connectivity index (χ1n) is 7.17. The summed E-state index contributed by atoms with van der Waals surface area (Å²) < 4.78 is 5.28. The molecule has 0 radical (unpaired) electrons. The second kappa shape index (κ2) is 6.02. The number of amides is 1. The largest absolute Gasteiger partial charge is 0.378 e. The van der Waals surface area contributed by atoms with Gasteiger partial charge in [0.25, 0.3) is 0 Å². The van der Waals surface area contributed by atoms with Crippen molar-refractivity contribution in [3.63, 3.8) is 0 Å². The van der Waals surface area contributed by atoms with Crippen LogP contribution in [-0.2, 0) is 9.53 Å². The predicted molar refractivity (Wildman–Crippen MR) is 71.4 cm³/mol. The van der Waals surface area contributed by atoms with Crippen molar-refractivity contribution in [3.05, 3.63) is 0 Å². The van der Waals surface area contributed by atoms with E-state index in [-0.39, 0.29) is 5.91 Å². The van der Waals surface area contributed by atoms with Crippen LogP contribution in [0.4, 0.5) is 0 Å². The molecule has 0 aromatic carbocycles. The molecule has 2 fully saturated rings. The molecule has 2 atom stereocenters. The summed E-state index contributed by atoms with van der Waals surface area (Å²) in [5, 5.41) is 0. The normalized spacial score (nSPS) is 27.9. The Morgan fingerprint density at radius 3 is 2.50 bits per heavy atom. The van der Waals surface area contributed by atoms with Crippen molar-refractivity contribution < 1.29 is 9.53 Å². The van der Waals surface area contributed by atoms with E-state index < -0.39 is 0 Å². The zero-order chi connectivity index (χ0) is 13.1. The second-order valence-corrected chi connectivity index (χ2v) is 5.99. The minimum atomic E-state index is 0.264. The van der Waals surface area contributed by atoms with E-state index in [9.17, 15) is 4.79 Å². The van der Waals surface area contributed by atoms with Gasteiger partial charge in [-0.3, -0.25) is 9.69 Å². The number of carbonyl (C=O) groups excluding carboxylic acids is 1. The molecule has 0 spiro atoms. The Bertz CT molecular complexity index is 288. The lowest BCUT2D eigenvalue weighted by Gasteiger charge is -2.31. The lowest BCUT2D eigenvalue weighted by Crippen LogP contribution is -2.47. The monoisotopic (exact) mass is 254 g/mol. The summed E-state index contributed by atoms with van der Waals surface area (Å²) in [5.74, 6) is 1.93. The Morgan fingerprint density at radius 2 is 2.00 bits per heavy atom. The number of nitrogens with zero attached hydrogens (tertiary/aromatic N) is 2. The summed E-state index contributed by atoms with van der Waals surface area (Å²) >= 11 is 0. The predicted octanol–water partition coefficient (Wildman–Crippen LogP) is 1.21. The Morgan fingerprint density at radius 1 is 1.39 bits per heavy atom. The fourth-order valence-electron chi connectivity index (χ4n) is 2.50. The summed E-state index contributed by atoms with van der Waals surface area (Å²) in [7, 11) is 0. The second-order valence-electron chi connectivity index (χ2n) is 5.99. The zero-order valence-corrected chi connectivity index (χ0v) is 11.9. The van der Waals surface area contributed by atoms with Gasteiger partial charge in [0, 0.05) is 25.7 Å². The average molecular weight is 254 g/mol. The topological polar surface area (TPSA) is 32.8 Å². The Balaban J connectivity index is 1.81. The van der Waals surface area contributed by atoms with Crippen molar-refractivity contribution in [1.82, 2.24) is 9.80 Å². The summed E-state index contributed by atoms with van der Waals surface area (Å²) in [6.07, 6.45) is 1.33. The third kappa shape index (κ3) is 3.69. The minimum absolute atomic E-state index is 0.264. The third-order valence-corrected chi connectivity index (χ3v) is 4.18. The van der Waals surface area contributed by atoms with Crippen molar-refractivity contribution in [2.24, 2.45) is 11.8 Å². The van der Waals surface area contributed by atoms with Crippen LogP contribution in [0.25, 0.3) is 0 Å². The molecule has 0 aromatic rings. The van der Waals surface area contributed by atoms with Gasteiger partial charge in [0.2, 0.25) is 5.91 Å². The Hall–Kier alpha value is -0.610. The molecule has 1 heterocycles. The average Bonchev–Trinajstić information content (AvgIpc) is 3.05. The van der Waals surface area contributed by atoms with E-state index in [1.807, 2.05) is 4.90 Å². The molecule has 0 unspecified atom stereocenters. The molecule has 1 saturated carbocycles. The molecule has 1 aliphatic heterocycles. The molecule has 2 aliphatic rings. The number of ether oxygens (including phenoxy) is 1. The SMILES string of the molecule is CC(C)N(CC(=O)N1CCOCC1)C[C@H]1C[C@H]1C. The Kier molecular flexibility index (Phi) is 4.62. The molecule has 104 valence electrons. The quantitative estimate of drug-likeness (QED) is 0.739. The van der Waals surface area contributed by atoms with Gasteiger partial charge in [-0.15, -0.1) is 0 Å². The van der Waals surface area contributed by atoms with Gasteiger partial charge in [0.15, 0.2) is 0 Å². The minimum Gasteiger partial charge on any atom is -0.378 e. The van der Waals surface area contributed by atoms with Crippen molar-refractivity contribution >= 4 is 5.91 Å². The highest BCUT2D eigenvalue weighted by atomic mass is 16.5. The molecular weight excluding hydrogens is 228 g/mol. The number of morpholine rings is 1. The molecular formula is C14H26N2O2. The van der Waals surface area contributed by atoms with Crippen LogP contribution in [0.5, 0.6) is 0 Å². The number of hydrogen-bond donors (Lipinski definition) is 0. The van der Waals surface area contributed by atoms with Gasteiger partial charge in [-0.05, 0) is 32.1 Å². The van der Waals surface area contributed by atoms with E-state index in [0.29, 0.717) is 25.8 Å². The zero-order valence-electron chi connectivity index (χ0n) is 11.9. The van der Waals surface area contributed by atoms with Crippen LogP contribution in [0.1, 0.15) is 27.2 Å². The first kappa shape index (κ1) is 13.8. The molecule has 4 heteroatoms. The number of carbonyl (C=O) groups is 1. The molecule has 4 nitrogen and oxygen atoms in total. The molecule has 1 aliphatic carbocycles. The summed E-state index contributed by atoms with van der Waals surface area (Å²) in [5.41, 5.74) is 0. The highest BCUT2D eigenvalue weighted by molar-refractivity contribution is 5.78. The van der Waals surface area contributed by atoms with Crippen molar-refractivity contribution in [1.29, 1.82) is 0 Å². The summed E-state index contributed by atoms with van der Waals surface area (Å²) in [6, 6.07) is 0.447. The summed E-state index contributed by atoms with van der Waals surface area (Å²) in [4.78, 5) is 16.5. The molecule has 0 bridgehead atoms. The molecule has 0 aromatic heterocycles. The molecule has 0 N–H and O–H groups in total.